The van der Waals surface area contributed by atoms with Crippen LogP contribution >= 0.6 is 0 Å². The van der Waals surface area contributed by atoms with Gasteiger partial charge in [-0.05, 0) is 51.2 Å². The molecule has 1 rings (SSSR count). The minimum absolute atomic E-state index is 0.255. The number of aliphatic imine (C=N–C) groups is 1. The molecule has 1 atom stereocenters. The Morgan fingerprint density at radius 1 is 1.39 bits per heavy atom. The lowest BCUT2D eigenvalue weighted by Gasteiger charge is -2.23. The minimum Gasteiger partial charge on any atom is -0.352 e. The minimum atomic E-state index is -0.255. The number of allylic oxidation sites excluding steroid dienone is 2. The number of unbranched alkanes of at least 4 members (excludes halogenated alkanes) is 1. The second-order valence-corrected chi connectivity index (χ2v) is 5.93. The van der Waals surface area contributed by atoms with Crippen molar-refractivity contribution in [2.75, 3.05) is 26.7 Å². The third-order valence-corrected chi connectivity index (χ3v) is 4.06. The van der Waals surface area contributed by atoms with E-state index >= 15 is 0 Å². The van der Waals surface area contributed by atoms with Crippen molar-refractivity contribution in [1.29, 1.82) is 5.26 Å². The number of nitrogens with zero attached hydrogens (tertiary/aromatic N) is 2. The van der Waals surface area contributed by atoms with Crippen LogP contribution < -0.4 is 21.3 Å². The van der Waals surface area contributed by atoms with Crippen LogP contribution in [0.4, 0.5) is 0 Å². The molecule has 1 unspecified atom stereocenters. The highest BCUT2D eigenvalue weighted by Gasteiger charge is 2.12. The van der Waals surface area contributed by atoms with E-state index in [0.29, 0.717) is 0 Å². The van der Waals surface area contributed by atoms with E-state index in [4.69, 9.17) is 5.26 Å². The fourth-order valence-corrected chi connectivity index (χ4v) is 2.85. The molecule has 1 aliphatic heterocycles. The van der Waals surface area contributed by atoms with Crippen LogP contribution in [0.1, 0.15) is 45.4 Å². The maximum atomic E-state index is 8.88. The zero-order valence-electron chi connectivity index (χ0n) is 14.6. The molecule has 0 bridgehead atoms. The molecule has 1 saturated heterocycles. The highest BCUT2D eigenvalue weighted by Crippen LogP contribution is 2.18. The van der Waals surface area contributed by atoms with Crippen LogP contribution in [0.25, 0.3) is 0 Å². The molecule has 0 spiro atoms. The summed E-state index contributed by atoms with van der Waals surface area (Å²) in [6.07, 6.45) is 12.8. The number of hydrogen-bond acceptors (Lipinski definition) is 6. The maximum Gasteiger partial charge on any atom is 0.179 e. The summed E-state index contributed by atoms with van der Waals surface area (Å²) in [5.74, 6) is 0.891. The van der Waals surface area contributed by atoms with E-state index in [-0.39, 0.29) is 6.29 Å². The second-order valence-electron chi connectivity index (χ2n) is 5.93. The lowest BCUT2D eigenvalue weighted by molar-refractivity contribution is 0.339. The van der Waals surface area contributed by atoms with Crippen molar-refractivity contribution in [3.05, 3.63) is 11.8 Å². The van der Waals surface area contributed by atoms with Crippen LogP contribution in [-0.4, -0.2) is 39.2 Å². The van der Waals surface area contributed by atoms with Gasteiger partial charge in [0.05, 0.1) is 5.70 Å². The van der Waals surface area contributed by atoms with Gasteiger partial charge < -0.3 is 10.6 Å². The molecule has 0 aromatic carbocycles. The molecule has 6 nitrogen and oxygen atoms in total. The van der Waals surface area contributed by atoms with Gasteiger partial charge in [0.2, 0.25) is 0 Å². The summed E-state index contributed by atoms with van der Waals surface area (Å²) in [6, 6.07) is 0. The van der Waals surface area contributed by atoms with Crippen LogP contribution in [0.2, 0.25) is 0 Å². The Morgan fingerprint density at radius 2 is 2.17 bits per heavy atom. The van der Waals surface area contributed by atoms with Gasteiger partial charge in [-0.3, -0.25) is 15.6 Å². The highest BCUT2D eigenvalue weighted by atomic mass is 15.3. The summed E-state index contributed by atoms with van der Waals surface area (Å²) >= 11 is 0. The third-order valence-electron chi connectivity index (χ3n) is 4.06. The van der Waals surface area contributed by atoms with E-state index < -0.39 is 0 Å². The average molecular weight is 320 g/mol. The number of hydrogen-bond donors (Lipinski definition) is 4. The van der Waals surface area contributed by atoms with Gasteiger partial charge >= 0.3 is 0 Å². The monoisotopic (exact) mass is 320 g/mol. The summed E-state index contributed by atoms with van der Waals surface area (Å²) in [4.78, 5) is 4.03. The lowest BCUT2D eigenvalue weighted by Crippen LogP contribution is -2.51. The Balaban J connectivity index is 2.24. The molecule has 23 heavy (non-hydrogen) atoms. The van der Waals surface area contributed by atoms with Gasteiger partial charge in [0.1, 0.15) is 0 Å². The van der Waals surface area contributed by atoms with Crippen molar-refractivity contribution in [1.82, 2.24) is 21.3 Å². The smallest absolute Gasteiger partial charge is 0.179 e. The molecule has 1 heterocycles. The van der Waals surface area contributed by atoms with Gasteiger partial charge in [-0.25, -0.2) is 0 Å². The molecular formula is C17H32N6. The van der Waals surface area contributed by atoms with Crippen molar-refractivity contribution in [2.24, 2.45) is 10.9 Å². The molecule has 4 N–H and O–H groups in total. The van der Waals surface area contributed by atoms with E-state index in [9.17, 15) is 0 Å². The van der Waals surface area contributed by atoms with E-state index in [2.05, 4.69) is 39.3 Å². The number of nitriles is 1. The van der Waals surface area contributed by atoms with Gasteiger partial charge in [-0.15, -0.1) is 0 Å². The molecule has 0 aliphatic carbocycles. The van der Waals surface area contributed by atoms with Crippen molar-refractivity contribution < 1.29 is 0 Å². The first-order chi connectivity index (χ1) is 11.3. The van der Waals surface area contributed by atoms with Crippen LogP contribution in [0.5, 0.6) is 0 Å². The average Bonchev–Trinajstić information content (AvgIpc) is 2.56. The maximum absolute atomic E-state index is 8.88. The highest BCUT2D eigenvalue weighted by molar-refractivity contribution is 5.77. The van der Waals surface area contributed by atoms with Crippen LogP contribution in [0.3, 0.4) is 0 Å². The van der Waals surface area contributed by atoms with E-state index in [1.54, 1.807) is 13.3 Å². The van der Waals surface area contributed by atoms with Gasteiger partial charge in [0, 0.05) is 13.3 Å². The number of piperidine rings is 1. The number of nitrogens with one attached hydrogen (secondary N) is 4. The topological polar surface area (TPSA) is 84.3 Å². The van der Waals surface area contributed by atoms with Crippen molar-refractivity contribution in [3.8, 4) is 6.19 Å². The fraction of sp³-hybridized carbons (Fsp3) is 0.765. The Hall–Kier alpha value is -1.58. The fourth-order valence-electron chi connectivity index (χ4n) is 2.85. The molecule has 0 aromatic heterocycles. The van der Waals surface area contributed by atoms with E-state index in [1.165, 1.54) is 38.8 Å². The van der Waals surface area contributed by atoms with Crippen LogP contribution in [-0.2, 0) is 0 Å². The van der Waals surface area contributed by atoms with Crippen LogP contribution in [0.15, 0.2) is 16.8 Å². The summed E-state index contributed by atoms with van der Waals surface area (Å²) < 4.78 is 0. The third kappa shape index (κ3) is 9.22. The molecule has 0 amide bonds. The molecule has 6 heteroatoms. The van der Waals surface area contributed by atoms with E-state index in [0.717, 1.165) is 31.0 Å². The summed E-state index contributed by atoms with van der Waals surface area (Å²) in [6.45, 7) is 5.31. The van der Waals surface area contributed by atoms with Crippen molar-refractivity contribution >= 4 is 6.21 Å². The van der Waals surface area contributed by atoms with Crippen molar-refractivity contribution in [2.45, 2.75) is 51.7 Å². The Kier molecular flexibility index (Phi) is 10.9. The summed E-state index contributed by atoms with van der Waals surface area (Å²) in [7, 11) is 1.74. The first kappa shape index (κ1) is 19.5. The quantitative estimate of drug-likeness (QED) is 0.153. The Bertz CT molecular complexity index is 392. The predicted molar refractivity (Wildman–Crippen MR) is 95.9 cm³/mol. The van der Waals surface area contributed by atoms with E-state index in [1.807, 2.05) is 6.19 Å². The Morgan fingerprint density at radius 3 is 2.83 bits per heavy atom. The normalized spacial score (nSPS) is 17.9. The standard InChI is InChI=1S/C17H32N6/c1-3-6-16(13-19-2)23-17(22-14-18)21-10-5-4-7-15-8-11-20-12-9-15/h6,13,15,17,20-23H,3-5,7-12H2,1-2H3/b16-6+,19-13?. The second kappa shape index (κ2) is 12.9. The molecular weight excluding hydrogens is 288 g/mol. The van der Waals surface area contributed by atoms with Crippen molar-refractivity contribution in [3.63, 3.8) is 0 Å². The first-order valence-corrected chi connectivity index (χ1v) is 8.77. The van der Waals surface area contributed by atoms with Gasteiger partial charge in [0.15, 0.2) is 12.5 Å². The molecule has 0 aromatic rings. The summed E-state index contributed by atoms with van der Waals surface area (Å²) in [5.41, 5.74) is 0.921. The molecule has 0 radical (unpaired) electrons. The van der Waals surface area contributed by atoms with Gasteiger partial charge in [-0.1, -0.05) is 25.8 Å². The SMILES string of the molecule is CC/C=C(\C=NC)NC(NC#N)NCCCCC1CCNCC1. The predicted octanol–water partition coefficient (Wildman–Crippen LogP) is 1.68. The summed E-state index contributed by atoms with van der Waals surface area (Å²) in [5, 5.41) is 21.6. The molecule has 130 valence electrons. The molecule has 1 fully saturated rings. The zero-order chi connectivity index (χ0) is 16.8. The van der Waals surface area contributed by atoms with Gasteiger partial charge in [-0.2, -0.15) is 5.26 Å². The molecule has 0 saturated carbocycles. The first-order valence-electron chi connectivity index (χ1n) is 8.77. The Labute approximate surface area is 140 Å². The van der Waals surface area contributed by atoms with Gasteiger partial charge in [0.25, 0.3) is 0 Å². The largest absolute Gasteiger partial charge is 0.352 e. The zero-order valence-corrected chi connectivity index (χ0v) is 14.6. The molecule has 1 aliphatic rings. The van der Waals surface area contributed by atoms with Crippen LogP contribution in [0, 0.1) is 17.4 Å². The lowest BCUT2D eigenvalue weighted by atomic mass is 9.92. The number of rotatable bonds is 11.